The molecular weight excluding hydrogens is 442 g/mol. The summed E-state index contributed by atoms with van der Waals surface area (Å²) in [5, 5.41) is 10.8. The summed E-state index contributed by atoms with van der Waals surface area (Å²) >= 11 is 0. The van der Waals surface area contributed by atoms with Crippen LogP contribution in [0.15, 0.2) is 84.9 Å². The maximum Gasteiger partial charge on any atom is 0.274 e. The Balaban J connectivity index is 1.56. The Morgan fingerprint density at radius 3 is 2.03 bits per heavy atom. The highest BCUT2D eigenvalue weighted by atomic mass is 16.5. The molecule has 4 aromatic rings. The predicted octanol–water partition coefficient (Wildman–Crippen LogP) is 4.87. The highest BCUT2D eigenvalue weighted by molar-refractivity contribution is 5.94. The number of hydrogen-bond acceptors (Lipinski definition) is 7. The fourth-order valence-corrected chi connectivity index (χ4v) is 3.50. The number of nitrogens with zero attached hydrogens (tertiary/aromatic N) is 3. The molecule has 0 radical (unpaired) electrons. The van der Waals surface area contributed by atoms with Gasteiger partial charge in [-0.15, -0.1) is 5.10 Å². The summed E-state index contributed by atoms with van der Waals surface area (Å²) < 4.78 is 12.1. The van der Waals surface area contributed by atoms with E-state index in [2.05, 4.69) is 20.7 Å². The molecule has 0 atom stereocenters. The topological polar surface area (TPSA) is 90.3 Å². The smallest absolute Gasteiger partial charge is 0.274 e. The van der Waals surface area contributed by atoms with E-state index in [1.807, 2.05) is 78.9 Å². The molecule has 0 aliphatic rings. The highest BCUT2D eigenvalue weighted by Crippen LogP contribution is 2.21. The fourth-order valence-electron chi connectivity index (χ4n) is 3.50. The lowest BCUT2D eigenvalue weighted by molar-refractivity contribution is 0.0957. The van der Waals surface area contributed by atoms with E-state index in [0.717, 1.165) is 28.2 Å². The number of aromatic nitrogens is 3. The molecule has 4 rings (SSSR count). The van der Waals surface area contributed by atoms with Gasteiger partial charge >= 0.3 is 0 Å². The summed E-state index contributed by atoms with van der Waals surface area (Å²) in [5.74, 6) is 1.82. The zero-order valence-electron chi connectivity index (χ0n) is 19.6. The molecular formula is C27H27N5O3. The van der Waals surface area contributed by atoms with Crippen molar-refractivity contribution in [2.24, 2.45) is 0 Å². The van der Waals surface area contributed by atoms with Gasteiger partial charge in [0, 0.05) is 30.3 Å². The second kappa shape index (κ2) is 11.5. The van der Waals surface area contributed by atoms with Gasteiger partial charge in [0.05, 0.1) is 14.2 Å². The largest absolute Gasteiger partial charge is 0.496 e. The van der Waals surface area contributed by atoms with Crippen molar-refractivity contribution in [2.75, 3.05) is 24.9 Å². The first-order valence-electron chi connectivity index (χ1n) is 11.1. The average molecular weight is 470 g/mol. The number of allylic oxidation sites excluding steroid dienone is 1. The van der Waals surface area contributed by atoms with Gasteiger partial charge in [0.2, 0.25) is 11.9 Å². The number of carbonyl (C=O) groups excluding carboxylic acids is 1. The van der Waals surface area contributed by atoms with Crippen LogP contribution in [0.5, 0.6) is 11.5 Å². The second-order valence-electron chi connectivity index (χ2n) is 7.58. The number of nitrogens with one attached hydrogen (secondary N) is 2. The van der Waals surface area contributed by atoms with Gasteiger partial charge in [0.15, 0.2) is 0 Å². The third-order valence-electron chi connectivity index (χ3n) is 5.29. The van der Waals surface area contributed by atoms with E-state index in [1.165, 1.54) is 10.8 Å². The summed E-state index contributed by atoms with van der Waals surface area (Å²) in [5.41, 5.74) is 2.80. The van der Waals surface area contributed by atoms with Gasteiger partial charge in [0.25, 0.3) is 5.91 Å². The van der Waals surface area contributed by atoms with Crippen LogP contribution in [0.25, 0.3) is 6.08 Å². The molecule has 1 heterocycles. The first kappa shape index (κ1) is 23.6. The van der Waals surface area contributed by atoms with E-state index in [-0.39, 0.29) is 5.91 Å². The number of methoxy groups -OCH3 is 2. The van der Waals surface area contributed by atoms with E-state index in [9.17, 15) is 4.79 Å². The SMILES string of the molecule is COc1ccccc1CNc1nc(NCc2ccccc2OC)n(C(=O)/C=C/c2ccccc2)n1. The number of hydrogen-bond donors (Lipinski definition) is 2. The van der Waals surface area contributed by atoms with Crippen molar-refractivity contribution >= 4 is 23.9 Å². The van der Waals surface area contributed by atoms with Gasteiger partial charge < -0.3 is 20.1 Å². The molecule has 0 amide bonds. The Kier molecular flexibility index (Phi) is 7.75. The van der Waals surface area contributed by atoms with E-state index in [4.69, 9.17) is 9.47 Å². The summed E-state index contributed by atoms with van der Waals surface area (Å²) in [7, 11) is 3.25. The van der Waals surface area contributed by atoms with Crippen molar-refractivity contribution in [2.45, 2.75) is 13.1 Å². The number of rotatable bonds is 10. The highest BCUT2D eigenvalue weighted by Gasteiger charge is 2.15. The van der Waals surface area contributed by atoms with E-state index < -0.39 is 0 Å². The van der Waals surface area contributed by atoms with Gasteiger partial charge in [0.1, 0.15) is 11.5 Å². The minimum atomic E-state index is -0.325. The molecule has 1 aromatic heterocycles. The zero-order valence-corrected chi connectivity index (χ0v) is 19.6. The zero-order chi connectivity index (χ0) is 24.5. The van der Waals surface area contributed by atoms with Crippen molar-refractivity contribution < 1.29 is 14.3 Å². The minimum absolute atomic E-state index is 0.319. The van der Waals surface area contributed by atoms with Crippen LogP contribution in [-0.4, -0.2) is 34.9 Å². The number of para-hydroxylation sites is 2. The molecule has 0 saturated carbocycles. The van der Waals surface area contributed by atoms with Gasteiger partial charge in [-0.2, -0.15) is 9.67 Å². The van der Waals surface area contributed by atoms with Crippen molar-refractivity contribution in [3.8, 4) is 11.5 Å². The van der Waals surface area contributed by atoms with Crippen molar-refractivity contribution in [1.82, 2.24) is 14.8 Å². The lowest BCUT2D eigenvalue weighted by Crippen LogP contribution is -2.15. The lowest BCUT2D eigenvalue weighted by Gasteiger charge is -2.09. The third-order valence-corrected chi connectivity index (χ3v) is 5.29. The van der Waals surface area contributed by atoms with Crippen LogP contribution in [-0.2, 0) is 13.1 Å². The summed E-state index contributed by atoms with van der Waals surface area (Å²) in [6.07, 6.45) is 3.22. The van der Waals surface area contributed by atoms with Gasteiger partial charge in [-0.3, -0.25) is 4.79 Å². The van der Waals surface area contributed by atoms with Gasteiger partial charge in [-0.05, 0) is 23.8 Å². The molecule has 0 fully saturated rings. The summed E-state index contributed by atoms with van der Waals surface area (Å²) in [4.78, 5) is 17.5. The van der Waals surface area contributed by atoms with Crippen molar-refractivity contribution in [3.63, 3.8) is 0 Å². The Morgan fingerprint density at radius 1 is 0.829 bits per heavy atom. The Morgan fingerprint density at radius 2 is 1.40 bits per heavy atom. The van der Waals surface area contributed by atoms with Crippen molar-refractivity contribution in [3.05, 3.63) is 102 Å². The predicted molar refractivity (Wildman–Crippen MR) is 137 cm³/mol. The molecule has 178 valence electrons. The second-order valence-corrected chi connectivity index (χ2v) is 7.58. The number of ether oxygens (including phenoxy) is 2. The normalized spacial score (nSPS) is 10.8. The quantitative estimate of drug-likeness (QED) is 0.320. The molecule has 0 spiro atoms. The molecule has 0 aliphatic carbocycles. The molecule has 8 nitrogen and oxygen atoms in total. The first-order valence-corrected chi connectivity index (χ1v) is 11.1. The number of benzene rings is 3. The minimum Gasteiger partial charge on any atom is -0.496 e. The molecule has 0 saturated heterocycles. The van der Waals surface area contributed by atoms with Crippen LogP contribution in [0.4, 0.5) is 11.9 Å². The lowest BCUT2D eigenvalue weighted by atomic mass is 10.2. The van der Waals surface area contributed by atoms with Crippen LogP contribution in [0.1, 0.15) is 21.5 Å². The third kappa shape index (κ3) is 6.05. The van der Waals surface area contributed by atoms with E-state index in [0.29, 0.717) is 25.0 Å². The number of carbonyl (C=O) groups is 1. The summed E-state index contributed by atoms with van der Waals surface area (Å²) in [6, 6.07) is 25.0. The van der Waals surface area contributed by atoms with Crippen LogP contribution in [0, 0.1) is 0 Å². The van der Waals surface area contributed by atoms with Crippen LogP contribution >= 0.6 is 0 Å². The molecule has 2 N–H and O–H groups in total. The van der Waals surface area contributed by atoms with E-state index in [1.54, 1.807) is 20.3 Å². The standard InChI is InChI=1S/C27H27N5O3/c1-34-23-14-8-6-12-21(23)18-28-26-30-27(29-19-22-13-7-9-15-24(22)35-2)32(31-26)25(33)17-16-20-10-4-3-5-11-20/h3-17H,18-19H2,1-2H3,(H2,28,29,30,31)/b17-16+. The Hall–Kier alpha value is -4.59. The van der Waals surface area contributed by atoms with Crippen LogP contribution in [0.3, 0.4) is 0 Å². The Labute approximate surface area is 204 Å². The molecule has 35 heavy (non-hydrogen) atoms. The molecule has 8 heteroatoms. The maximum absolute atomic E-state index is 13.0. The van der Waals surface area contributed by atoms with Crippen LogP contribution in [0.2, 0.25) is 0 Å². The number of anilines is 2. The van der Waals surface area contributed by atoms with Crippen molar-refractivity contribution in [1.29, 1.82) is 0 Å². The molecule has 0 unspecified atom stereocenters. The van der Waals surface area contributed by atoms with Gasteiger partial charge in [-0.1, -0.05) is 66.7 Å². The fraction of sp³-hybridized carbons (Fsp3) is 0.148. The molecule has 0 bridgehead atoms. The monoisotopic (exact) mass is 469 g/mol. The maximum atomic E-state index is 13.0. The molecule has 0 aliphatic heterocycles. The van der Waals surface area contributed by atoms with Crippen LogP contribution < -0.4 is 20.1 Å². The first-order chi connectivity index (χ1) is 17.2. The average Bonchev–Trinajstić information content (AvgIpc) is 3.33. The summed E-state index contributed by atoms with van der Waals surface area (Å²) in [6.45, 7) is 0.846. The van der Waals surface area contributed by atoms with E-state index >= 15 is 0 Å². The Bertz CT molecular complexity index is 1300. The van der Waals surface area contributed by atoms with Gasteiger partial charge in [-0.25, -0.2) is 0 Å². The molecule has 3 aromatic carbocycles.